The van der Waals surface area contributed by atoms with Crippen molar-refractivity contribution in [1.82, 2.24) is 5.32 Å². The van der Waals surface area contributed by atoms with Gasteiger partial charge >= 0.3 is 0 Å². The topological polar surface area (TPSA) is 15.3 Å². The largest absolute Gasteiger partial charge is 0.368 e. The summed E-state index contributed by atoms with van der Waals surface area (Å²) in [6.45, 7) is 3.62. The fourth-order valence-electron chi connectivity index (χ4n) is 3.06. The predicted octanol–water partition coefficient (Wildman–Crippen LogP) is 3.03. The highest BCUT2D eigenvalue weighted by molar-refractivity contribution is 5.85. The third kappa shape index (κ3) is 3.11. The fraction of sp³-hybridized carbons (Fsp3) is 0.571. The standard InChI is InChI=1S/C14H20N2.2ClH/c1-2-6-14-12(4-1)5-3-11-16(14)13-7-9-15-10-8-13;;/h1-2,4,6,13,15H,3,5,7-11H2;2*1H. The minimum absolute atomic E-state index is 0. The quantitative estimate of drug-likeness (QED) is 0.855. The van der Waals surface area contributed by atoms with Crippen LogP contribution < -0.4 is 10.2 Å². The van der Waals surface area contributed by atoms with Gasteiger partial charge in [-0.2, -0.15) is 0 Å². The van der Waals surface area contributed by atoms with Crippen LogP contribution in [0.15, 0.2) is 24.3 Å². The lowest BCUT2D eigenvalue weighted by Gasteiger charge is -2.40. The highest BCUT2D eigenvalue weighted by Gasteiger charge is 2.24. The van der Waals surface area contributed by atoms with E-state index in [1.54, 1.807) is 5.56 Å². The van der Waals surface area contributed by atoms with Crippen LogP contribution in [0, 0.1) is 0 Å². The second-order valence-corrected chi connectivity index (χ2v) is 4.91. The average Bonchev–Trinajstić information content (AvgIpc) is 2.39. The second-order valence-electron chi connectivity index (χ2n) is 4.91. The third-order valence-electron chi connectivity index (χ3n) is 3.90. The summed E-state index contributed by atoms with van der Waals surface area (Å²) in [5, 5.41) is 3.45. The molecule has 0 aliphatic carbocycles. The number of rotatable bonds is 1. The number of nitrogens with one attached hydrogen (secondary N) is 1. The number of hydrogen-bond acceptors (Lipinski definition) is 2. The molecule has 3 rings (SSSR count). The first-order valence-electron chi connectivity index (χ1n) is 6.50. The summed E-state index contributed by atoms with van der Waals surface area (Å²) in [6, 6.07) is 9.71. The van der Waals surface area contributed by atoms with E-state index < -0.39 is 0 Å². The Hall–Kier alpha value is -0.440. The number of hydrogen-bond donors (Lipinski definition) is 1. The number of nitrogens with zero attached hydrogens (tertiary/aromatic N) is 1. The summed E-state index contributed by atoms with van der Waals surface area (Å²) in [4.78, 5) is 2.65. The molecule has 0 spiro atoms. The van der Waals surface area contributed by atoms with Crippen molar-refractivity contribution in [3.63, 3.8) is 0 Å². The lowest BCUT2D eigenvalue weighted by Crippen LogP contribution is -2.45. The van der Waals surface area contributed by atoms with E-state index in [1.165, 1.54) is 51.0 Å². The molecule has 2 heterocycles. The minimum atomic E-state index is 0. The summed E-state index contributed by atoms with van der Waals surface area (Å²) in [5.74, 6) is 0. The van der Waals surface area contributed by atoms with E-state index in [1.807, 2.05) is 0 Å². The molecule has 4 heteroatoms. The Balaban J connectivity index is 0.000000810. The lowest BCUT2D eigenvalue weighted by molar-refractivity contribution is 0.422. The maximum absolute atomic E-state index is 3.45. The number of piperidine rings is 1. The molecule has 0 bridgehead atoms. The van der Waals surface area contributed by atoms with Crippen LogP contribution >= 0.6 is 24.8 Å². The van der Waals surface area contributed by atoms with Crippen molar-refractivity contribution in [2.24, 2.45) is 0 Å². The highest BCUT2D eigenvalue weighted by Crippen LogP contribution is 2.30. The summed E-state index contributed by atoms with van der Waals surface area (Å²) >= 11 is 0. The first kappa shape index (κ1) is 15.6. The predicted molar refractivity (Wildman–Crippen MR) is 82.5 cm³/mol. The maximum Gasteiger partial charge on any atom is 0.0401 e. The minimum Gasteiger partial charge on any atom is -0.368 e. The van der Waals surface area contributed by atoms with Crippen LogP contribution in [0.25, 0.3) is 0 Å². The number of para-hydroxylation sites is 1. The van der Waals surface area contributed by atoms with Gasteiger partial charge in [0.2, 0.25) is 0 Å². The molecule has 1 aromatic carbocycles. The number of anilines is 1. The van der Waals surface area contributed by atoms with Crippen molar-refractivity contribution in [1.29, 1.82) is 0 Å². The third-order valence-corrected chi connectivity index (χ3v) is 3.90. The molecule has 0 amide bonds. The fourth-order valence-corrected chi connectivity index (χ4v) is 3.06. The second kappa shape index (κ2) is 7.22. The van der Waals surface area contributed by atoms with E-state index in [4.69, 9.17) is 0 Å². The molecule has 0 unspecified atom stereocenters. The molecule has 102 valence electrons. The van der Waals surface area contributed by atoms with E-state index in [0.29, 0.717) is 0 Å². The van der Waals surface area contributed by atoms with E-state index >= 15 is 0 Å². The first-order valence-corrected chi connectivity index (χ1v) is 6.50. The Morgan fingerprint density at radius 1 is 1.06 bits per heavy atom. The Kier molecular flexibility index (Phi) is 6.27. The van der Waals surface area contributed by atoms with Crippen LogP contribution in [0.5, 0.6) is 0 Å². The molecule has 18 heavy (non-hydrogen) atoms. The van der Waals surface area contributed by atoms with E-state index in [2.05, 4.69) is 34.5 Å². The van der Waals surface area contributed by atoms with Crippen LogP contribution in [0.4, 0.5) is 5.69 Å². The Bertz CT molecular complexity index is 365. The zero-order valence-electron chi connectivity index (χ0n) is 10.6. The summed E-state index contributed by atoms with van der Waals surface area (Å²) < 4.78 is 0. The van der Waals surface area contributed by atoms with Crippen molar-refractivity contribution in [3.05, 3.63) is 29.8 Å². The molecule has 1 aromatic rings. The molecule has 1 N–H and O–H groups in total. The Morgan fingerprint density at radius 2 is 1.78 bits per heavy atom. The monoisotopic (exact) mass is 288 g/mol. The molecule has 2 aliphatic heterocycles. The highest BCUT2D eigenvalue weighted by atomic mass is 35.5. The lowest BCUT2D eigenvalue weighted by atomic mass is 9.96. The van der Waals surface area contributed by atoms with Crippen molar-refractivity contribution in [3.8, 4) is 0 Å². The maximum atomic E-state index is 3.45. The van der Waals surface area contributed by atoms with Crippen molar-refractivity contribution in [2.45, 2.75) is 31.7 Å². The summed E-state index contributed by atoms with van der Waals surface area (Å²) in [7, 11) is 0. The number of halogens is 2. The zero-order chi connectivity index (χ0) is 10.8. The molecule has 2 aliphatic rings. The van der Waals surface area contributed by atoms with Crippen LogP contribution in [0.1, 0.15) is 24.8 Å². The Morgan fingerprint density at radius 3 is 2.56 bits per heavy atom. The van der Waals surface area contributed by atoms with Gasteiger partial charge in [0.15, 0.2) is 0 Å². The molecule has 1 saturated heterocycles. The molecule has 0 aromatic heterocycles. The van der Waals surface area contributed by atoms with Crippen LogP contribution in [0.2, 0.25) is 0 Å². The molecule has 1 fully saturated rings. The Labute approximate surface area is 122 Å². The van der Waals surface area contributed by atoms with Crippen LogP contribution in [-0.2, 0) is 6.42 Å². The smallest absolute Gasteiger partial charge is 0.0401 e. The van der Waals surface area contributed by atoms with E-state index in [-0.39, 0.29) is 24.8 Å². The van der Waals surface area contributed by atoms with E-state index in [0.717, 1.165) is 6.04 Å². The SMILES string of the molecule is Cl.Cl.c1ccc2c(c1)CCCN2C1CCNCC1. The van der Waals surface area contributed by atoms with Gasteiger partial charge in [0.05, 0.1) is 0 Å². The van der Waals surface area contributed by atoms with Crippen molar-refractivity contribution >= 4 is 30.5 Å². The van der Waals surface area contributed by atoms with Gasteiger partial charge in [0.1, 0.15) is 0 Å². The van der Waals surface area contributed by atoms with Gasteiger partial charge in [-0.05, 0) is 50.4 Å². The zero-order valence-corrected chi connectivity index (χ0v) is 12.2. The summed E-state index contributed by atoms with van der Waals surface area (Å²) in [6.07, 6.45) is 5.18. The van der Waals surface area contributed by atoms with Gasteiger partial charge in [0.25, 0.3) is 0 Å². The number of aryl methyl sites for hydroxylation is 1. The van der Waals surface area contributed by atoms with Gasteiger partial charge in [0, 0.05) is 18.3 Å². The molecule has 0 atom stereocenters. The molecule has 0 radical (unpaired) electrons. The molecule has 0 saturated carbocycles. The number of fused-ring (bicyclic) bond motifs is 1. The van der Waals surface area contributed by atoms with Crippen LogP contribution in [-0.4, -0.2) is 25.7 Å². The van der Waals surface area contributed by atoms with Crippen molar-refractivity contribution in [2.75, 3.05) is 24.5 Å². The first-order chi connectivity index (χ1) is 7.95. The van der Waals surface area contributed by atoms with Gasteiger partial charge in [-0.15, -0.1) is 24.8 Å². The normalized spacial score (nSPS) is 19.4. The average molecular weight is 289 g/mol. The van der Waals surface area contributed by atoms with Gasteiger partial charge in [-0.25, -0.2) is 0 Å². The van der Waals surface area contributed by atoms with Gasteiger partial charge < -0.3 is 10.2 Å². The van der Waals surface area contributed by atoms with Crippen molar-refractivity contribution < 1.29 is 0 Å². The van der Waals surface area contributed by atoms with Gasteiger partial charge in [-0.1, -0.05) is 18.2 Å². The molecular formula is C14H22Cl2N2. The van der Waals surface area contributed by atoms with E-state index in [9.17, 15) is 0 Å². The summed E-state index contributed by atoms with van der Waals surface area (Å²) in [5.41, 5.74) is 3.05. The van der Waals surface area contributed by atoms with Crippen LogP contribution in [0.3, 0.4) is 0 Å². The molecular weight excluding hydrogens is 267 g/mol. The number of benzene rings is 1. The molecule has 2 nitrogen and oxygen atoms in total. The van der Waals surface area contributed by atoms with Gasteiger partial charge in [-0.3, -0.25) is 0 Å².